The SMILES string of the molecule is COc1ccc(S(=O)(=O)N(c2cc(C)c(O)c(C)c2)S(=O)(=O)C(F)(F)F)cc1. The van der Waals surface area contributed by atoms with E-state index in [1.807, 2.05) is 0 Å². The summed E-state index contributed by atoms with van der Waals surface area (Å²) in [5.41, 5.74) is -6.66. The maximum absolute atomic E-state index is 13.3. The second kappa shape index (κ2) is 7.17. The Balaban J connectivity index is 2.82. The van der Waals surface area contributed by atoms with E-state index in [0.29, 0.717) is 0 Å². The summed E-state index contributed by atoms with van der Waals surface area (Å²) in [4.78, 5) is -0.690. The lowest BCUT2D eigenvalue weighted by Gasteiger charge is -2.25. The van der Waals surface area contributed by atoms with Crippen LogP contribution in [0.15, 0.2) is 41.3 Å². The molecule has 0 aliphatic carbocycles. The van der Waals surface area contributed by atoms with Gasteiger partial charge < -0.3 is 9.84 Å². The number of nitrogens with zero attached hydrogens (tertiary/aromatic N) is 1. The van der Waals surface area contributed by atoms with Gasteiger partial charge in [-0.05, 0) is 61.4 Å². The van der Waals surface area contributed by atoms with Gasteiger partial charge in [0.2, 0.25) is 0 Å². The number of phenols is 1. The van der Waals surface area contributed by atoms with Crippen LogP contribution in [-0.2, 0) is 20.0 Å². The Morgan fingerprint density at radius 1 is 0.964 bits per heavy atom. The third kappa shape index (κ3) is 3.74. The molecule has 7 nitrogen and oxygen atoms in total. The predicted octanol–water partition coefficient (Wildman–Crippen LogP) is 3.06. The lowest BCUT2D eigenvalue weighted by molar-refractivity contribution is -0.0434. The van der Waals surface area contributed by atoms with Gasteiger partial charge in [-0.2, -0.15) is 25.3 Å². The van der Waals surface area contributed by atoms with Crippen molar-refractivity contribution in [3.8, 4) is 11.5 Å². The van der Waals surface area contributed by atoms with Gasteiger partial charge in [0.25, 0.3) is 10.0 Å². The van der Waals surface area contributed by atoms with Crippen LogP contribution in [0, 0.1) is 13.8 Å². The van der Waals surface area contributed by atoms with Crippen molar-refractivity contribution < 1.29 is 39.9 Å². The number of alkyl halides is 3. The van der Waals surface area contributed by atoms with Gasteiger partial charge in [0.15, 0.2) is 0 Å². The molecule has 0 radical (unpaired) electrons. The third-order valence-electron chi connectivity index (χ3n) is 3.77. The topological polar surface area (TPSA) is 101 Å². The summed E-state index contributed by atoms with van der Waals surface area (Å²) < 4.78 is 94.0. The maximum Gasteiger partial charge on any atom is 0.517 e. The molecule has 0 amide bonds. The van der Waals surface area contributed by atoms with Crippen molar-refractivity contribution in [2.45, 2.75) is 24.3 Å². The molecule has 0 aliphatic rings. The van der Waals surface area contributed by atoms with Crippen molar-refractivity contribution in [3.05, 3.63) is 47.5 Å². The van der Waals surface area contributed by atoms with E-state index in [0.717, 1.165) is 24.3 Å². The minimum absolute atomic E-state index is 0.00213. The van der Waals surface area contributed by atoms with E-state index in [9.17, 15) is 35.1 Å². The second-order valence-electron chi connectivity index (χ2n) is 5.76. The van der Waals surface area contributed by atoms with E-state index in [1.165, 1.54) is 33.1 Å². The van der Waals surface area contributed by atoms with Gasteiger partial charge in [-0.25, -0.2) is 8.42 Å². The molecule has 0 saturated carbocycles. The zero-order chi connectivity index (χ0) is 21.5. The largest absolute Gasteiger partial charge is 0.517 e. The van der Waals surface area contributed by atoms with Gasteiger partial charge >= 0.3 is 15.5 Å². The Kier molecular flexibility index (Phi) is 5.59. The summed E-state index contributed by atoms with van der Waals surface area (Å²) in [5.74, 6) is -0.0737. The second-order valence-corrected chi connectivity index (χ2v) is 9.55. The molecule has 0 unspecified atom stereocenters. The minimum Gasteiger partial charge on any atom is -0.507 e. The number of phenolic OH excluding ortho intramolecular Hbond substituents is 1. The summed E-state index contributed by atoms with van der Waals surface area (Å²) >= 11 is 0. The van der Waals surface area contributed by atoms with Crippen LogP contribution in [0.25, 0.3) is 0 Å². The molecule has 0 spiro atoms. The van der Waals surface area contributed by atoms with E-state index in [4.69, 9.17) is 4.74 Å². The standard InChI is InChI=1S/C16H16F3NO6S2/c1-10-8-12(9-11(2)15(10)21)20(28(24,25)16(17,18)19)27(22,23)14-6-4-13(26-3)5-7-14/h4-9,21H,1-3H3. The summed E-state index contributed by atoms with van der Waals surface area (Å²) in [6.45, 7) is 2.59. The number of aromatic hydroxyl groups is 1. The average Bonchev–Trinajstić information content (AvgIpc) is 2.58. The van der Waals surface area contributed by atoms with Crippen molar-refractivity contribution in [2.24, 2.45) is 0 Å². The number of ether oxygens (including phenoxy) is 1. The normalized spacial score (nSPS) is 12.6. The Morgan fingerprint density at radius 3 is 1.82 bits per heavy atom. The van der Waals surface area contributed by atoms with Crippen molar-refractivity contribution in [3.63, 3.8) is 0 Å². The highest BCUT2D eigenvalue weighted by Gasteiger charge is 2.54. The summed E-state index contributed by atoms with van der Waals surface area (Å²) in [6, 6.07) is 5.86. The molecule has 154 valence electrons. The van der Waals surface area contributed by atoms with E-state index in [1.54, 1.807) is 0 Å². The number of halogens is 3. The monoisotopic (exact) mass is 439 g/mol. The van der Waals surface area contributed by atoms with Crippen LogP contribution in [0.5, 0.6) is 11.5 Å². The van der Waals surface area contributed by atoms with Crippen molar-refractivity contribution >= 4 is 25.7 Å². The lowest BCUT2D eigenvalue weighted by Crippen LogP contribution is -2.44. The molecular formula is C16H16F3NO6S2. The summed E-state index contributed by atoms with van der Waals surface area (Å²) in [5, 5.41) is 9.80. The summed E-state index contributed by atoms with van der Waals surface area (Å²) in [7, 11) is -10.2. The maximum atomic E-state index is 13.3. The fourth-order valence-electron chi connectivity index (χ4n) is 2.38. The van der Waals surface area contributed by atoms with Gasteiger partial charge in [-0.3, -0.25) is 0 Å². The van der Waals surface area contributed by atoms with Gasteiger partial charge in [0, 0.05) is 0 Å². The van der Waals surface area contributed by atoms with E-state index < -0.39 is 39.8 Å². The van der Waals surface area contributed by atoms with Crippen molar-refractivity contribution in [1.29, 1.82) is 0 Å². The fourth-order valence-corrected chi connectivity index (χ4v) is 5.55. The van der Waals surface area contributed by atoms with E-state index in [-0.39, 0.29) is 22.6 Å². The first-order valence-electron chi connectivity index (χ1n) is 7.54. The number of benzene rings is 2. The van der Waals surface area contributed by atoms with Crippen LogP contribution < -0.4 is 8.45 Å². The van der Waals surface area contributed by atoms with Crippen LogP contribution in [0.3, 0.4) is 0 Å². The first-order valence-corrected chi connectivity index (χ1v) is 10.4. The number of anilines is 1. The highest BCUT2D eigenvalue weighted by Crippen LogP contribution is 2.38. The van der Waals surface area contributed by atoms with E-state index in [2.05, 4.69) is 0 Å². The van der Waals surface area contributed by atoms with Gasteiger partial charge in [-0.15, -0.1) is 0 Å². The van der Waals surface area contributed by atoms with E-state index >= 15 is 0 Å². The first kappa shape index (κ1) is 21.8. The molecule has 2 aromatic carbocycles. The van der Waals surface area contributed by atoms with Gasteiger partial charge in [0.1, 0.15) is 11.5 Å². The Labute approximate surface area is 160 Å². The van der Waals surface area contributed by atoms with Crippen molar-refractivity contribution in [2.75, 3.05) is 10.8 Å². The zero-order valence-corrected chi connectivity index (χ0v) is 16.5. The number of methoxy groups -OCH3 is 1. The highest BCUT2D eigenvalue weighted by atomic mass is 32.3. The molecule has 0 atom stereocenters. The molecule has 0 fully saturated rings. The van der Waals surface area contributed by atoms with Crippen molar-refractivity contribution in [1.82, 2.24) is 0 Å². The molecule has 0 heterocycles. The molecule has 2 rings (SSSR count). The third-order valence-corrected chi connectivity index (χ3v) is 7.70. The Hall–Kier alpha value is -2.47. The number of hydrogen-bond acceptors (Lipinski definition) is 6. The molecular weight excluding hydrogens is 423 g/mol. The molecule has 1 N–H and O–H groups in total. The predicted molar refractivity (Wildman–Crippen MR) is 95.2 cm³/mol. The van der Waals surface area contributed by atoms with Crippen LogP contribution in [0.4, 0.5) is 18.9 Å². The number of rotatable bonds is 5. The Bertz CT molecular complexity index is 1070. The number of aryl methyl sites for hydroxylation is 2. The van der Waals surface area contributed by atoms with Crippen LogP contribution in [0.1, 0.15) is 11.1 Å². The number of hydrogen-bond donors (Lipinski definition) is 1. The quantitative estimate of drug-likeness (QED) is 0.769. The molecule has 2 aromatic rings. The first-order chi connectivity index (χ1) is 12.7. The smallest absolute Gasteiger partial charge is 0.507 e. The summed E-state index contributed by atoms with van der Waals surface area (Å²) in [6.07, 6.45) is 0. The molecule has 12 heteroatoms. The van der Waals surface area contributed by atoms with Crippen LogP contribution in [0.2, 0.25) is 0 Å². The zero-order valence-electron chi connectivity index (χ0n) is 14.9. The highest BCUT2D eigenvalue weighted by molar-refractivity contribution is 8.10. The van der Waals surface area contributed by atoms with Gasteiger partial charge in [0.05, 0.1) is 17.7 Å². The number of sulfonamides is 2. The van der Waals surface area contributed by atoms with Crippen LogP contribution in [-0.4, -0.2) is 34.6 Å². The molecule has 0 saturated heterocycles. The van der Waals surface area contributed by atoms with Gasteiger partial charge in [-0.1, -0.05) is 0 Å². The fraction of sp³-hybridized carbons (Fsp3) is 0.250. The molecule has 0 bridgehead atoms. The minimum atomic E-state index is -6.33. The molecule has 0 aromatic heterocycles. The van der Waals surface area contributed by atoms with Crippen LogP contribution >= 0.6 is 0 Å². The average molecular weight is 439 g/mol. The Morgan fingerprint density at radius 2 is 1.43 bits per heavy atom. The molecule has 28 heavy (non-hydrogen) atoms. The lowest BCUT2D eigenvalue weighted by atomic mass is 10.1. The molecule has 0 aliphatic heterocycles.